The lowest BCUT2D eigenvalue weighted by molar-refractivity contribution is 0.385. The van der Waals surface area contributed by atoms with E-state index < -0.39 is 0 Å². The van der Waals surface area contributed by atoms with Crippen LogP contribution in [0.15, 0.2) is 53.1 Å². The molecule has 96 valence electrons. The fraction of sp³-hybridized carbons (Fsp3) is 0.133. The van der Waals surface area contributed by atoms with Gasteiger partial charge in [-0.25, -0.2) is 0 Å². The van der Waals surface area contributed by atoms with Crippen molar-refractivity contribution >= 4 is 22.3 Å². The van der Waals surface area contributed by atoms with Crippen LogP contribution >= 0.6 is 0 Å². The van der Waals surface area contributed by atoms with Gasteiger partial charge >= 0.3 is 0 Å². The van der Waals surface area contributed by atoms with Gasteiger partial charge in [-0.15, -0.1) is 0 Å². The van der Waals surface area contributed by atoms with Gasteiger partial charge in [-0.05, 0) is 11.5 Å². The molecule has 4 heteroatoms. The molecule has 1 heterocycles. The van der Waals surface area contributed by atoms with E-state index in [1.807, 2.05) is 19.2 Å². The molecule has 2 aromatic carbocycles. The second-order valence-corrected chi connectivity index (χ2v) is 4.57. The first-order chi connectivity index (χ1) is 9.24. The predicted octanol–water partition coefficient (Wildman–Crippen LogP) is 3.05. The molecule has 4 nitrogen and oxygen atoms in total. The van der Waals surface area contributed by atoms with Gasteiger partial charge in [0.25, 0.3) is 0 Å². The van der Waals surface area contributed by atoms with Crippen molar-refractivity contribution in [3.8, 4) is 0 Å². The van der Waals surface area contributed by atoms with E-state index in [9.17, 15) is 0 Å². The summed E-state index contributed by atoms with van der Waals surface area (Å²) in [6.07, 6.45) is 0. The van der Waals surface area contributed by atoms with Crippen LogP contribution in [-0.2, 0) is 6.54 Å². The molecule has 0 bridgehead atoms. The van der Waals surface area contributed by atoms with Gasteiger partial charge in [-0.3, -0.25) is 0 Å². The molecule has 0 spiro atoms. The standard InChI is InChI=1S/C15H15N3O/c1-18(10-12-9-15(16)17-19-12)14-8-4-6-11-5-2-3-7-13(11)14/h2-9H,10H2,1H3,(H2,16,17). The van der Waals surface area contributed by atoms with Crippen molar-refractivity contribution in [2.45, 2.75) is 6.54 Å². The van der Waals surface area contributed by atoms with Crippen LogP contribution in [0.5, 0.6) is 0 Å². The maximum atomic E-state index is 5.56. The fourth-order valence-corrected chi connectivity index (χ4v) is 2.26. The zero-order chi connectivity index (χ0) is 13.2. The average Bonchev–Trinajstić information content (AvgIpc) is 2.83. The molecule has 19 heavy (non-hydrogen) atoms. The molecule has 1 aromatic heterocycles. The summed E-state index contributed by atoms with van der Waals surface area (Å²) in [4.78, 5) is 2.13. The Morgan fingerprint density at radius 3 is 2.74 bits per heavy atom. The minimum absolute atomic E-state index is 0.418. The van der Waals surface area contributed by atoms with E-state index in [1.54, 1.807) is 6.07 Å². The first kappa shape index (κ1) is 11.6. The number of nitrogen functional groups attached to an aromatic ring is 1. The molecule has 0 atom stereocenters. The molecule has 0 saturated carbocycles. The predicted molar refractivity (Wildman–Crippen MR) is 77.0 cm³/mol. The summed E-state index contributed by atoms with van der Waals surface area (Å²) in [7, 11) is 2.03. The Balaban J connectivity index is 1.95. The van der Waals surface area contributed by atoms with Crippen LogP contribution in [0.4, 0.5) is 11.5 Å². The Morgan fingerprint density at radius 2 is 1.95 bits per heavy atom. The molecule has 0 radical (unpaired) electrons. The molecule has 0 aliphatic heterocycles. The van der Waals surface area contributed by atoms with E-state index in [0.29, 0.717) is 12.4 Å². The fourth-order valence-electron chi connectivity index (χ4n) is 2.26. The van der Waals surface area contributed by atoms with Gasteiger partial charge in [0.05, 0.1) is 6.54 Å². The Bertz CT molecular complexity index is 700. The summed E-state index contributed by atoms with van der Waals surface area (Å²) in [5.41, 5.74) is 6.72. The van der Waals surface area contributed by atoms with Crippen molar-refractivity contribution in [1.82, 2.24) is 5.16 Å². The summed E-state index contributed by atoms with van der Waals surface area (Å²) in [5, 5.41) is 6.15. The van der Waals surface area contributed by atoms with Crippen molar-refractivity contribution in [1.29, 1.82) is 0 Å². The SMILES string of the molecule is CN(Cc1cc(N)no1)c1cccc2ccccc12. The molecule has 0 aliphatic rings. The molecule has 0 unspecified atom stereocenters. The average molecular weight is 253 g/mol. The van der Waals surface area contributed by atoms with Gasteiger partial charge in [-0.1, -0.05) is 41.6 Å². The van der Waals surface area contributed by atoms with Crippen molar-refractivity contribution in [3.63, 3.8) is 0 Å². The van der Waals surface area contributed by atoms with E-state index in [-0.39, 0.29) is 0 Å². The molecule has 0 aliphatic carbocycles. The van der Waals surface area contributed by atoms with Gasteiger partial charge in [0.2, 0.25) is 0 Å². The number of aromatic nitrogens is 1. The Kier molecular flexibility index (Phi) is 2.83. The Labute approximate surface area is 111 Å². The van der Waals surface area contributed by atoms with Gasteiger partial charge < -0.3 is 15.2 Å². The van der Waals surface area contributed by atoms with Crippen LogP contribution < -0.4 is 10.6 Å². The number of nitrogens with zero attached hydrogens (tertiary/aromatic N) is 2. The smallest absolute Gasteiger partial charge is 0.167 e. The number of benzene rings is 2. The van der Waals surface area contributed by atoms with Crippen molar-refractivity contribution in [2.75, 3.05) is 17.7 Å². The van der Waals surface area contributed by atoms with Crippen molar-refractivity contribution < 1.29 is 4.52 Å². The van der Waals surface area contributed by atoms with E-state index in [0.717, 1.165) is 11.4 Å². The van der Waals surface area contributed by atoms with Crippen LogP contribution in [0.3, 0.4) is 0 Å². The zero-order valence-corrected chi connectivity index (χ0v) is 10.7. The van der Waals surface area contributed by atoms with Gasteiger partial charge in [0, 0.05) is 24.2 Å². The lowest BCUT2D eigenvalue weighted by atomic mass is 10.1. The second-order valence-electron chi connectivity index (χ2n) is 4.57. The van der Waals surface area contributed by atoms with E-state index in [2.05, 4.69) is 40.4 Å². The van der Waals surface area contributed by atoms with Crippen LogP contribution in [0.1, 0.15) is 5.76 Å². The maximum Gasteiger partial charge on any atom is 0.167 e. The first-order valence-corrected chi connectivity index (χ1v) is 6.14. The summed E-state index contributed by atoms with van der Waals surface area (Å²) < 4.78 is 5.15. The molecule has 3 aromatic rings. The molecule has 0 fully saturated rings. The highest BCUT2D eigenvalue weighted by Crippen LogP contribution is 2.26. The van der Waals surface area contributed by atoms with E-state index in [4.69, 9.17) is 10.3 Å². The molecular weight excluding hydrogens is 238 g/mol. The van der Waals surface area contributed by atoms with Crippen LogP contribution in [-0.4, -0.2) is 12.2 Å². The lowest BCUT2D eigenvalue weighted by Crippen LogP contribution is -2.16. The Hall–Kier alpha value is -2.49. The van der Waals surface area contributed by atoms with E-state index >= 15 is 0 Å². The monoisotopic (exact) mass is 253 g/mol. The number of fused-ring (bicyclic) bond motifs is 1. The first-order valence-electron chi connectivity index (χ1n) is 6.14. The number of hydrogen-bond acceptors (Lipinski definition) is 4. The Morgan fingerprint density at radius 1 is 1.16 bits per heavy atom. The molecule has 0 saturated heterocycles. The third kappa shape index (κ3) is 2.25. The molecule has 2 N–H and O–H groups in total. The quantitative estimate of drug-likeness (QED) is 0.779. The highest BCUT2D eigenvalue weighted by atomic mass is 16.5. The van der Waals surface area contributed by atoms with Gasteiger partial charge in [-0.2, -0.15) is 0 Å². The third-order valence-corrected chi connectivity index (χ3v) is 3.15. The van der Waals surface area contributed by atoms with Crippen LogP contribution in [0, 0.1) is 0 Å². The summed E-state index contributed by atoms with van der Waals surface area (Å²) in [6, 6.07) is 16.3. The number of nitrogens with two attached hydrogens (primary N) is 1. The second kappa shape index (κ2) is 4.65. The minimum atomic E-state index is 0.418. The van der Waals surface area contributed by atoms with Crippen molar-refractivity contribution in [3.05, 3.63) is 54.3 Å². The largest absolute Gasteiger partial charge is 0.381 e. The minimum Gasteiger partial charge on any atom is -0.381 e. The molecular formula is C15H15N3O. The number of anilines is 2. The molecule has 0 amide bonds. The lowest BCUT2D eigenvalue weighted by Gasteiger charge is -2.19. The van der Waals surface area contributed by atoms with Crippen LogP contribution in [0.2, 0.25) is 0 Å². The molecule has 3 rings (SSSR count). The zero-order valence-electron chi connectivity index (χ0n) is 10.7. The van der Waals surface area contributed by atoms with Crippen LogP contribution in [0.25, 0.3) is 10.8 Å². The van der Waals surface area contributed by atoms with E-state index in [1.165, 1.54) is 10.8 Å². The highest BCUT2D eigenvalue weighted by Gasteiger charge is 2.09. The number of hydrogen-bond donors (Lipinski definition) is 1. The van der Waals surface area contributed by atoms with Gasteiger partial charge in [0.15, 0.2) is 11.6 Å². The summed E-state index contributed by atoms with van der Waals surface area (Å²) in [5.74, 6) is 1.18. The van der Waals surface area contributed by atoms with Crippen molar-refractivity contribution in [2.24, 2.45) is 0 Å². The normalized spacial score (nSPS) is 10.8. The van der Waals surface area contributed by atoms with Gasteiger partial charge in [0.1, 0.15) is 0 Å². The summed E-state index contributed by atoms with van der Waals surface area (Å²) >= 11 is 0. The maximum absolute atomic E-state index is 5.56. The summed E-state index contributed by atoms with van der Waals surface area (Å²) in [6.45, 7) is 0.637. The third-order valence-electron chi connectivity index (χ3n) is 3.15. The topological polar surface area (TPSA) is 55.3 Å². The highest BCUT2D eigenvalue weighted by molar-refractivity contribution is 5.94. The number of rotatable bonds is 3.